The molecule has 1 aliphatic rings. The third kappa shape index (κ3) is 4.28. The minimum absolute atomic E-state index is 0.104. The molecule has 28 heavy (non-hydrogen) atoms. The number of hydrogen-bond acceptors (Lipinski definition) is 3. The van der Waals surface area contributed by atoms with Crippen LogP contribution in [0.3, 0.4) is 0 Å². The van der Waals surface area contributed by atoms with Crippen LogP contribution in [-0.2, 0) is 21.2 Å². The Kier molecular flexibility index (Phi) is 6.20. The Morgan fingerprint density at radius 3 is 2.54 bits per heavy atom. The molecule has 0 aliphatic carbocycles. The second-order valence-electron chi connectivity index (χ2n) is 7.47. The van der Waals surface area contributed by atoms with Crippen molar-refractivity contribution in [1.29, 1.82) is 0 Å². The highest BCUT2D eigenvalue weighted by Gasteiger charge is 2.33. The zero-order chi connectivity index (χ0) is 20.3. The number of rotatable bonds is 5. The van der Waals surface area contributed by atoms with Gasteiger partial charge in [-0.2, -0.15) is 4.31 Å². The van der Waals surface area contributed by atoms with Crippen LogP contribution in [0.2, 0.25) is 0 Å². The number of carbonyl (C=O) groups excluding carboxylic acids is 1. The topological polar surface area (TPSA) is 66.5 Å². The van der Waals surface area contributed by atoms with Crippen molar-refractivity contribution in [2.24, 2.45) is 5.92 Å². The molecule has 150 valence electrons. The van der Waals surface area contributed by atoms with Crippen LogP contribution in [0.25, 0.3) is 0 Å². The van der Waals surface area contributed by atoms with Gasteiger partial charge in [0, 0.05) is 18.8 Å². The van der Waals surface area contributed by atoms with E-state index in [4.69, 9.17) is 0 Å². The van der Waals surface area contributed by atoms with Gasteiger partial charge < -0.3 is 5.32 Å². The molecule has 0 bridgehead atoms. The molecule has 0 spiro atoms. The van der Waals surface area contributed by atoms with Crippen molar-refractivity contribution in [3.05, 3.63) is 59.2 Å². The Morgan fingerprint density at radius 2 is 1.86 bits per heavy atom. The lowest BCUT2D eigenvalue weighted by atomic mass is 9.98. The number of hydrogen-bond donors (Lipinski definition) is 1. The number of nitrogens with one attached hydrogen (secondary N) is 1. The van der Waals surface area contributed by atoms with Crippen LogP contribution >= 0.6 is 0 Å². The Bertz CT molecular complexity index is 952. The van der Waals surface area contributed by atoms with Gasteiger partial charge in [-0.15, -0.1) is 0 Å². The van der Waals surface area contributed by atoms with E-state index in [1.54, 1.807) is 24.3 Å². The first-order valence-electron chi connectivity index (χ1n) is 9.79. The largest absolute Gasteiger partial charge is 0.325 e. The SMILES string of the molecule is CCc1cccc(C)c1NC(=O)[C@H]1CCCN(S(=O)(=O)c2ccc(C)cc2)C1. The van der Waals surface area contributed by atoms with Gasteiger partial charge in [-0.3, -0.25) is 4.79 Å². The standard InChI is InChI=1S/C22H28N2O3S/c1-4-18-8-5-7-17(3)21(18)23-22(25)19-9-6-14-24(15-19)28(26,27)20-12-10-16(2)11-13-20/h5,7-8,10-13,19H,4,6,9,14-15H2,1-3H3,(H,23,25)/t19-/m0/s1. The van der Waals surface area contributed by atoms with E-state index in [-0.39, 0.29) is 23.3 Å². The molecule has 1 aliphatic heterocycles. The minimum Gasteiger partial charge on any atom is -0.325 e. The summed E-state index contributed by atoms with van der Waals surface area (Å²) in [5.41, 5.74) is 3.98. The highest BCUT2D eigenvalue weighted by molar-refractivity contribution is 7.89. The van der Waals surface area contributed by atoms with Crippen LogP contribution in [0, 0.1) is 19.8 Å². The predicted octanol–water partition coefficient (Wildman–Crippen LogP) is 3.91. The van der Waals surface area contributed by atoms with Crippen molar-refractivity contribution < 1.29 is 13.2 Å². The molecule has 0 radical (unpaired) electrons. The van der Waals surface area contributed by atoms with Gasteiger partial charge in [0.25, 0.3) is 0 Å². The molecule has 1 fully saturated rings. The summed E-state index contributed by atoms with van der Waals surface area (Å²) in [7, 11) is -3.59. The quantitative estimate of drug-likeness (QED) is 0.828. The number of sulfonamides is 1. The molecule has 3 rings (SSSR count). The number of anilines is 1. The number of benzene rings is 2. The summed E-state index contributed by atoms with van der Waals surface area (Å²) in [5, 5.41) is 3.06. The molecule has 0 aromatic heterocycles. The highest BCUT2D eigenvalue weighted by Crippen LogP contribution is 2.27. The zero-order valence-electron chi connectivity index (χ0n) is 16.7. The van der Waals surface area contributed by atoms with Crippen molar-refractivity contribution in [2.45, 2.75) is 44.9 Å². The molecular weight excluding hydrogens is 372 g/mol. The molecule has 2 aromatic rings. The Balaban J connectivity index is 1.76. The van der Waals surface area contributed by atoms with E-state index in [1.807, 2.05) is 32.0 Å². The van der Waals surface area contributed by atoms with Gasteiger partial charge >= 0.3 is 0 Å². The molecular formula is C22H28N2O3S. The Hall–Kier alpha value is -2.18. The number of para-hydroxylation sites is 1. The normalized spacial score (nSPS) is 18.0. The smallest absolute Gasteiger partial charge is 0.243 e. The minimum atomic E-state index is -3.59. The molecule has 1 atom stereocenters. The monoisotopic (exact) mass is 400 g/mol. The second kappa shape index (κ2) is 8.45. The van der Waals surface area contributed by atoms with Crippen LogP contribution in [-0.4, -0.2) is 31.7 Å². The summed E-state index contributed by atoms with van der Waals surface area (Å²) in [6.07, 6.45) is 2.20. The van der Waals surface area contributed by atoms with E-state index >= 15 is 0 Å². The lowest BCUT2D eigenvalue weighted by Crippen LogP contribution is -2.43. The van der Waals surface area contributed by atoms with Gasteiger partial charge in [0.1, 0.15) is 0 Å². The molecule has 0 saturated carbocycles. The van der Waals surface area contributed by atoms with Gasteiger partial charge in [-0.25, -0.2) is 8.42 Å². The summed E-state index contributed by atoms with van der Waals surface area (Å²) in [5.74, 6) is -0.453. The number of piperidine rings is 1. The van der Waals surface area contributed by atoms with Gasteiger partial charge in [0.2, 0.25) is 15.9 Å². The third-order valence-corrected chi connectivity index (χ3v) is 7.28. The first kappa shape index (κ1) is 20.6. The molecule has 0 unspecified atom stereocenters. The number of nitrogens with zero attached hydrogens (tertiary/aromatic N) is 1. The van der Waals surface area contributed by atoms with E-state index in [0.29, 0.717) is 19.4 Å². The Morgan fingerprint density at radius 1 is 1.14 bits per heavy atom. The maximum atomic E-state index is 13.0. The van der Waals surface area contributed by atoms with Crippen molar-refractivity contribution in [2.75, 3.05) is 18.4 Å². The van der Waals surface area contributed by atoms with Crippen molar-refractivity contribution in [3.8, 4) is 0 Å². The summed E-state index contributed by atoms with van der Waals surface area (Å²) in [6, 6.07) is 12.8. The van der Waals surface area contributed by atoms with Crippen LogP contribution in [0.4, 0.5) is 5.69 Å². The van der Waals surface area contributed by atoms with Gasteiger partial charge in [-0.1, -0.05) is 42.8 Å². The summed E-state index contributed by atoms with van der Waals surface area (Å²) in [6.45, 7) is 6.62. The molecule has 1 amide bonds. The zero-order valence-corrected chi connectivity index (χ0v) is 17.6. The average molecular weight is 401 g/mol. The fourth-order valence-electron chi connectivity index (χ4n) is 3.66. The maximum absolute atomic E-state index is 13.0. The van der Waals surface area contributed by atoms with E-state index in [1.165, 1.54) is 4.31 Å². The van der Waals surface area contributed by atoms with Crippen molar-refractivity contribution in [1.82, 2.24) is 4.31 Å². The summed E-state index contributed by atoms with van der Waals surface area (Å²) >= 11 is 0. The molecule has 1 heterocycles. The van der Waals surface area contributed by atoms with E-state index < -0.39 is 10.0 Å². The highest BCUT2D eigenvalue weighted by atomic mass is 32.2. The van der Waals surface area contributed by atoms with Gasteiger partial charge in [-0.05, 0) is 56.4 Å². The molecule has 5 nitrogen and oxygen atoms in total. The van der Waals surface area contributed by atoms with E-state index in [0.717, 1.165) is 28.8 Å². The first-order chi connectivity index (χ1) is 13.3. The molecule has 6 heteroatoms. The van der Waals surface area contributed by atoms with Crippen molar-refractivity contribution >= 4 is 21.6 Å². The molecule has 2 aromatic carbocycles. The first-order valence-corrected chi connectivity index (χ1v) is 11.2. The number of carbonyl (C=O) groups is 1. The van der Waals surface area contributed by atoms with Crippen molar-refractivity contribution in [3.63, 3.8) is 0 Å². The third-order valence-electron chi connectivity index (χ3n) is 5.40. The summed E-state index contributed by atoms with van der Waals surface area (Å²) < 4.78 is 27.4. The molecule has 1 saturated heterocycles. The van der Waals surface area contributed by atoms with E-state index in [2.05, 4.69) is 12.2 Å². The maximum Gasteiger partial charge on any atom is 0.243 e. The lowest BCUT2D eigenvalue weighted by molar-refractivity contribution is -0.120. The fraction of sp³-hybridized carbons (Fsp3) is 0.409. The van der Waals surface area contributed by atoms with Crippen LogP contribution in [0.5, 0.6) is 0 Å². The van der Waals surface area contributed by atoms with E-state index in [9.17, 15) is 13.2 Å². The van der Waals surface area contributed by atoms with Gasteiger partial charge in [0.05, 0.1) is 10.8 Å². The second-order valence-corrected chi connectivity index (χ2v) is 9.41. The number of amides is 1. The fourth-order valence-corrected chi connectivity index (χ4v) is 5.19. The lowest BCUT2D eigenvalue weighted by Gasteiger charge is -2.31. The van der Waals surface area contributed by atoms with Crippen LogP contribution in [0.15, 0.2) is 47.4 Å². The van der Waals surface area contributed by atoms with Gasteiger partial charge in [0.15, 0.2) is 0 Å². The van der Waals surface area contributed by atoms with Crippen LogP contribution in [0.1, 0.15) is 36.5 Å². The summed E-state index contributed by atoms with van der Waals surface area (Å²) in [4.78, 5) is 13.2. The molecule has 1 N–H and O–H groups in total. The number of aryl methyl sites for hydroxylation is 3. The Labute approximate surface area is 167 Å². The van der Waals surface area contributed by atoms with Crippen LogP contribution < -0.4 is 5.32 Å². The predicted molar refractivity (Wildman–Crippen MR) is 112 cm³/mol. The average Bonchev–Trinajstić information content (AvgIpc) is 2.70.